The topological polar surface area (TPSA) is 20.3 Å². The van der Waals surface area contributed by atoms with Gasteiger partial charge in [0.2, 0.25) is 0 Å². The summed E-state index contributed by atoms with van der Waals surface area (Å²) in [6.07, 6.45) is 2.13. The molecule has 0 bridgehead atoms. The highest BCUT2D eigenvalue weighted by molar-refractivity contribution is 5.98. The maximum absolute atomic E-state index is 13.6. The summed E-state index contributed by atoms with van der Waals surface area (Å²) in [7, 11) is 2.03. The Morgan fingerprint density at radius 2 is 1.84 bits per heavy atom. The molecule has 0 radical (unpaired) electrons. The molecular formula is C16H24FNO. The lowest BCUT2D eigenvalue weighted by molar-refractivity contribution is 0.0879. The Kier molecular flexibility index (Phi) is 6.16. The minimum Gasteiger partial charge on any atom is -0.303 e. The zero-order valence-electron chi connectivity index (χ0n) is 12.3. The van der Waals surface area contributed by atoms with Crippen LogP contribution < -0.4 is 0 Å². The molecule has 0 saturated carbocycles. The van der Waals surface area contributed by atoms with Crippen molar-refractivity contribution in [1.29, 1.82) is 0 Å². The quantitative estimate of drug-likeness (QED) is 0.700. The van der Waals surface area contributed by atoms with E-state index in [0.717, 1.165) is 12.8 Å². The average molecular weight is 265 g/mol. The first-order chi connectivity index (χ1) is 9.01. The van der Waals surface area contributed by atoms with E-state index in [-0.39, 0.29) is 17.3 Å². The number of Topliss-reactive ketones (excluding diaryl/α,β-unsaturated/α-hetero) is 1. The lowest BCUT2D eigenvalue weighted by Gasteiger charge is -2.28. The molecule has 1 unspecified atom stereocenters. The molecule has 0 N–H and O–H groups in total. The van der Waals surface area contributed by atoms with Gasteiger partial charge in [-0.15, -0.1) is 0 Å². The lowest BCUT2D eigenvalue weighted by atomic mass is 9.97. The Balaban J connectivity index is 2.71. The molecule has 2 nitrogen and oxygen atoms in total. The van der Waals surface area contributed by atoms with Crippen molar-refractivity contribution in [2.45, 2.75) is 39.7 Å². The molecule has 1 rings (SSSR count). The van der Waals surface area contributed by atoms with E-state index in [1.165, 1.54) is 6.07 Å². The van der Waals surface area contributed by atoms with Crippen LogP contribution in [0.1, 0.15) is 44.0 Å². The molecule has 106 valence electrons. The third-order valence-electron chi connectivity index (χ3n) is 3.71. The third kappa shape index (κ3) is 4.13. The zero-order chi connectivity index (χ0) is 14.4. The van der Waals surface area contributed by atoms with Gasteiger partial charge in [-0.1, -0.05) is 32.9 Å². The fourth-order valence-electron chi connectivity index (χ4n) is 2.50. The number of hydrogen-bond acceptors (Lipinski definition) is 2. The van der Waals surface area contributed by atoms with Gasteiger partial charge in [0.1, 0.15) is 5.82 Å². The van der Waals surface area contributed by atoms with Gasteiger partial charge in [0.05, 0.1) is 5.56 Å². The van der Waals surface area contributed by atoms with Gasteiger partial charge >= 0.3 is 0 Å². The molecule has 0 fully saturated rings. The van der Waals surface area contributed by atoms with E-state index >= 15 is 0 Å². The first-order valence-electron chi connectivity index (χ1n) is 7.00. The fraction of sp³-hybridized carbons (Fsp3) is 0.562. The van der Waals surface area contributed by atoms with Crippen LogP contribution in [0.25, 0.3) is 0 Å². The van der Waals surface area contributed by atoms with Crippen LogP contribution in [0.2, 0.25) is 0 Å². The van der Waals surface area contributed by atoms with Gasteiger partial charge in [0, 0.05) is 18.5 Å². The summed E-state index contributed by atoms with van der Waals surface area (Å²) >= 11 is 0. The van der Waals surface area contributed by atoms with Crippen molar-refractivity contribution in [3.05, 3.63) is 35.6 Å². The van der Waals surface area contributed by atoms with Crippen LogP contribution in [0.4, 0.5) is 4.39 Å². The molecule has 0 saturated heterocycles. The van der Waals surface area contributed by atoms with Crippen molar-refractivity contribution in [2.75, 3.05) is 13.6 Å². The Morgan fingerprint density at radius 3 is 2.37 bits per heavy atom. The number of carbonyl (C=O) groups is 1. The Hall–Kier alpha value is -1.22. The number of nitrogens with zero attached hydrogens (tertiary/aromatic N) is 1. The summed E-state index contributed by atoms with van der Waals surface area (Å²) in [5.41, 5.74) is 0.202. The summed E-state index contributed by atoms with van der Waals surface area (Å²) in [6, 6.07) is 6.69. The molecule has 0 aliphatic carbocycles. The van der Waals surface area contributed by atoms with Gasteiger partial charge in [-0.25, -0.2) is 4.39 Å². The van der Waals surface area contributed by atoms with E-state index in [2.05, 4.69) is 18.7 Å². The van der Waals surface area contributed by atoms with Crippen LogP contribution in [-0.2, 0) is 0 Å². The summed E-state index contributed by atoms with van der Waals surface area (Å²) < 4.78 is 13.6. The van der Waals surface area contributed by atoms with Gasteiger partial charge in [-0.3, -0.25) is 4.79 Å². The SMILES string of the molecule is CCC(CC)N(C)CC(C)C(=O)c1ccccc1F. The molecule has 1 aromatic rings. The second-order valence-corrected chi connectivity index (χ2v) is 5.16. The molecular weight excluding hydrogens is 241 g/mol. The minimum atomic E-state index is -0.426. The van der Waals surface area contributed by atoms with Crippen LogP contribution in [-0.4, -0.2) is 30.3 Å². The first kappa shape index (κ1) is 15.8. The highest BCUT2D eigenvalue weighted by atomic mass is 19.1. The van der Waals surface area contributed by atoms with Crippen molar-refractivity contribution >= 4 is 5.78 Å². The highest BCUT2D eigenvalue weighted by Crippen LogP contribution is 2.15. The normalized spacial score (nSPS) is 13.0. The zero-order valence-corrected chi connectivity index (χ0v) is 12.3. The molecule has 19 heavy (non-hydrogen) atoms. The van der Waals surface area contributed by atoms with Crippen molar-refractivity contribution in [3.63, 3.8) is 0 Å². The van der Waals surface area contributed by atoms with Crippen molar-refractivity contribution in [2.24, 2.45) is 5.92 Å². The standard InChI is InChI=1S/C16H24FNO/c1-5-13(6-2)18(4)11-12(3)16(19)14-9-7-8-10-15(14)17/h7-10,12-13H,5-6,11H2,1-4H3. The molecule has 1 atom stereocenters. The summed E-state index contributed by atoms with van der Waals surface area (Å²) in [5, 5.41) is 0. The van der Waals surface area contributed by atoms with Crippen molar-refractivity contribution < 1.29 is 9.18 Å². The number of hydrogen-bond donors (Lipinski definition) is 0. The predicted octanol–water partition coefficient (Wildman–Crippen LogP) is 3.76. The summed E-state index contributed by atoms with van der Waals surface area (Å²) in [6.45, 7) is 6.83. The van der Waals surface area contributed by atoms with E-state index in [1.807, 2.05) is 14.0 Å². The number of rotatable bonds is 7. The van der Waals surface area contributed by atoms with Gasteiger partial charge in [-0.2, -0.15) is 0 Å². The number of ketones is 1. The van der Waals surface area contributed by atoms with E-state index in [1.54, 1.807) is 18.2 Å². The predicted molar refractivity (Wildman–Crippen MR) is 76.9 cm³/mol. The van der Waals surface area contributed by atoms with Gasteiger partial charge < -0.3 is 4.90 Å². The molecule has 0 aliphatic rings. The smallest absolute Gasteiger partial charge is 0.169 e. The maximum atomic E-state index is 13.6. The number of carbonyl (C=O) groups excluding carboxylic acids is 1. The van der Waals surface area contributed by atoms with Gasteiger partial charge in [0.15, 0.2) is 5.78 Å². The average Bonchev–Trinajstić information content (AvgIpc) is 2.39. The molecule has 0 spiro atoms. The first-order valence-corrected chi connectivity index (χ1v) is 7.00. The molecule has 0 aliphatic heterocycles. The third-order valence-corrected chi connectivity index (χ3v) is 3.71. The summed E-state index contributed by atoms with van der Waals surface area (Å²) in [4.78, 5) is 14.4. The van der Waals surface area contributed by atoms with Gasteiger partial charge in [-0.05, 0) is 32.0 Å². The van der Waals surface area contributed by atoms with Gasteiger partial charge in [0.25, 0.3) is 0 Å². The fourth-order valence-corrected chi connectivity index (χ4v) is 2.50. The number of benzene rings is 1. The van der Waals surface area contributed by atoms with Crippen LogP contribution in [0, 0.1) is 11.7 Å². The lowest BCUT2D eigenvalue weighted by Crippen LogP contribution is -2.36. The van der Waals surface area contributed by atoms with Crippen LogP contribution in [0.15, 0.2) is 24.3 Å². The highest BCUT2D eigenvalue weighted by Gasteiger charge is 2.21. The molecule has 0 amide bonds. The maximum Gasteiger partial charge on any atom is 0.169 e. The number of halogens is 1. The van der Waals surface area contributed by atoms with E-state index in [4.69, 9.17) is 0 Å². The van der Waals surface area contributed by atoms with Crippen molar-refractivity contribution in [1.82, 2.24) is 4.90 Å². The molecule has 3 heteroatoms. The van der Waals surface area contributed by atoms with Crippen LogP contribution >= 0.6 is 0 Å². The second kappa shape index (κ2) is 7.39. The van der Waals surface area contributed by atoms with E-state index in [9.17, 15) is 9.18 Å². The monoisotopic (exact) mass is 265 g/mol. The van der Waals surface area contributed by atoms with Crippen molar-refractivity contribution in [3.8, 4) is 0 Å². The van der Waals surface area contributed by atoms with Crippen LogP contribution in [0.5, 0.6) is 0 Å². The Bertz CT molecular complexity index is 415. The molecule has 0 aromatic heterocycles. The van der Waals surface area contributed by atoms with E-state index in [0.29, 0.717) is 12.6 Å². The van der Waals surface area contributed by atoms with Crippen LogP contribution in [0.3, 0.4) is 0 Å². The molecule has 0 heterocycles. The summed E-state index contributed by atoms with van der Waals surface area (Å²) in [5.74, 6) is -0.733. The largest absolute Gasteiger partial charge is 0.303 e. The molecule has 1 aromatic carbocycles. The Morgan fingerprint density at radius 1 is 1.26 bits per heavy atom. The minimum absolute atomic E-state index is 0.115. The van der Waals surface area contributed by atoms with E-state index < -0.39 is 5.82 Å². The second-order valence-electron chi connectivity index (χ2n) is 5.16. The Labute approximate surface area is 115 Å².